The number of piperidine rings is 1. The monoisotopic (exact) mass is 244 g/mol. The van der Waals surface area contributed by atoms with Crippen molar-refractivity contribution in [2.75, 3.05) is 13.1 Å². The van der Waals surface area contributed by atoms with E-state index in [1.807, 2.05) is 0 Å². The topological polar surface area (TPSA) is 78.2 Å². The van der Waals surface area contributed by atoms with Crippen LogP contribution >= 0.6 is 0 Å². The molecule has 0 spiro atoms. The van der Waals surface area contributed by atoms with E-state index in [0.29, 0.717) is 5.92 Å². The number of quaternary nitrogens is 2. The molecule has 1 saturated carbocycles. The van der Waals surface area contributed by atoms with Crippen molar-refractivity contribution in [2.45, 2.75) is 57.2 Å². The maximum Gasteiger partial charge on any atom is 0.138 e. The van der Waals surface area contributed by atoms with E-state index < -0.39 is 5.23 Å². The van der Waals surface area contributed by atoms with Gasteiger partial charge in [-0.2, -0.15) is 0 Å². The van der Waals surface area contributed by atoms with Crippen molar-refractivity contribution in [1.29, 1.82) is 0 Å². The van der Waals surface area contributed by atoms with Crippen LogP contribution < -0.4 is 15.9 Å². The van der Waals surface area contributed by atoms with Gasteiger partial charge in [0.2, 0.25) is 0 Å². The smallest absolute Gasteiger partial charge is 0.138 e. The number of hydrogen-bond donors (Lipinski definition) is 4. The molecule has 5 heteroatoms. The molecule has 5 nitrogen and oxygen atoms in total. The SMILES string of the molecule is NC1CCCC[NH+]1CC1CCCCC1[NH+]([O-])O. The second kappa shape index (κ2) is 6.11. The molecule has 17 heavy (non-hydrogen) atoms. The Morgan fingerprint density at radius 1 is 1.18 bits per heavy atom. The Bertz CT molecular complexity index is 238. The molecule has 2 aliphatic rings. The number of nitrogens with two attached hydrogens (primary N) is 1. The van der Waals surface area contributed by atoms with Gasteiger partial charge in [-0.1, -0.05) is 6.42 Å². The van der Waals surface area contributed by atoms with E-state index in [2.05, 4.69) is 0 Å². The molecular formula is C12H26N3O2+. The highest BCUT2D eigenvalue weighted by Gasteiger charge is 2.35. The zero-order chi connectivity index (χ0) is 12.3. The molecule has 0 amide bonds. The third-order valence-electron chi connectivity index (χ3n) is 4.54. The molecule has 100 valence electrons. The van der Waals surface area contributed by atoms with Crippen LogP contribution in [-0.2, 0) is 0 Å². The van der Waals surface area contributed by atoms with E-state index in [1.165, 1.54) is 24.2 Å². The lowest BCUT2D eigenvalue weighted by Gasteiger charge is -2.38. The van der Waals surface area contributed by atoms with Gasteiger partial charge in [-0.05, 0) is 25.7 Å². The molecule has 5 N–H and O–H groups in total. The second-order valence-electron chi connectivity index (χ2n) is 5.70. The van der Waals surface area contributed by atoms with Crippen molar-refractivity contribution < 1.29 is 15.3 Å². The fourth-order valence-corrected chi connectivity index (χ4v) is 3.47. The third kappa shape index (κ3) is 3.39. The summed E-state index contributed by atoms with van der Waals surface area (Å²) >= 11 is 0. The molecule has 1 aliphatic carbocycles. The van der Waals surface area contributed by atoms with Crippen LogP contribution in [0.2, 0.25) is 0 Å². The summed E-state index contributed by atoms with van der Waals surface area (Å²) in [7, 11) is 0. The third-order valence-corrected chi connectivity index (χ3v) is 4.54. The minimum absolute atomic E-state index is 0.120. The van der Waals surface area contributed by atoms with Crippen molar-refractivity contribution in [3.8, 4) is 0 Å². The normalized spacial score (nSPS) is 41.1. The first kappa shape index (κ1) is 13.2. The Balaban J connectivity index is 1.90. The predicted octanol–water partition coefficient (Wildman–Crippen LogP) is -1.33. The number of likely N-dealkylation sites (tertiary alicyclic amines) is 1. The van der Waals surface area contributed by atoms with E-state index in [9.17, 15) is 10.4 Å². The molecule has 5 unspecified atom stereocenters. The van der Waals surface area contributed by atoms with Gasteiger partial charge in [-0.25, -0.2) is 10.4 Å². The van der Waals surface area contributed by atoms with Crippen LogP contribution in [0.15, 0.2) is 0 Å². The van der Waals surface area contributed by atoms with Gasteiger partial charge in [-0.15, -0.1) is 0 Å². The van der Waals surface area contributed by atoms with E-state index in [-0.39, 0.29) is 12.2 Å². The van der Waals surface area contributed by atoms with Crippen LogP contribution in [0.5, 0.6) is 0 Å². The van der Waals surface area contributed by atoms with E-state index in [0.717, 1.165) is 38.8 Å². The lowest BCUT2D eigenvalue weighted by molar-refractivity contribution is -1.07. The number of rotatable bonds is 3. The van der Waals surface area contributed by atoms with Gasteiger partial charge in [0.05, 0.1) is 19.0 Å². The Morgan fingerprint density at radius 2 is 1.88 bits per heavy atom. The van der Waals surface area contributed by atoms with Crippen molar-refractivity contribution in [3.63, 3.8) is 0 Å². The van der Waals surface area contributed by atoms with Crippen molar-refractivity contribution in [1.82, 2.24) is 0 Å². The number of hydroxylamine groups is 2. The maximum atomic E-state index is 11.2. The first-order chi connectivity index (χ1) is 8.18. The fraction of sp³-hybridized carbons (Fsp3) is 1.00. The summed E-state index contributed by atoms with van der Waals surface area (Å²) in [5, 5.41) is 19.9. The van der Waals surface area contributed by atoms with Gasteiger partial charge in [0, 0.05) is 12.8 Å². The molecule has 0 bridgehead atoms. The first-order valence-electron chi connectivity index (χ1n) is 7.01. The predicted molar refractivity (Wildman–Crippen MR) is 64.4 cm³/mol. The van der Waals surface area contributed by atoms with Gasteiger partial charge >= 0.3 is 0 Å². The zero-order valence-corrected chi connectivity index (χ0v) is 10.5. The zero-order valence-electron chi connectivity index (χ0n) is 10.5. The molecule has 0 aromatic heterocycles. The summed E-state index contributed by atoms with van der Waals surface area (Å²) in [6.07, 6.45) is 8.02. The van der Waals surface area contributed by atoms with Gasteiger partial charge < -0.3 is 10.1 Å². The molecule has 1 heterocycles. The highest BCUT2D eigenvalue weighted by molar-refractivity contribution is 4.74. The highest BCUT2D eigenvalue weighted by Crippen LogP contribution is 2.21. The standard InChI is InChI=1S/C12H25N3O2/c13-12-7-3-4-8-14(12)9-10-5-1-2-6-11(10)15(16)17/h10-12,15-16H,1-9,13H2/p+1. The van der Waals surface area contributed by atoms with E-state index in [1.54, 1.807) is 0 Å². The molecule has 1 aliphatic heterocycles. The molecule has 5 atom stereocenters. The van der Waals surface area contributed by atoms with Crippen LogP contribution in [0.25, 0.3) is 0 Å². The lowest BCUT2D eigenvalue weighted by atomic mass is 9.84. The van der Waals surface area contributed by atoms with Crippen LogP contribution in [0, 0.1) is 11.1 Å². The van der Waals surface area contributed by atoms with Crippen LogP contribution in [0.4, 0.5) is 0 Å². The average Bonchev–Trinajstić information content (AvgIpc) is 2.32. The Morgan fingerprint density at radius 3 is 2.59 bits per heavy atom. The summed E-state index contributed by atoms with van der Waals surface area (Å²) in [5.41, 5.74) is 6.13. The highest BCUT2D eigenvalue weighted by atomic mass is 16.8. The molecule has 2 fully saturated rings. The minimum atomic E-state index is -0.598. The van der Waals surface area contributed by atoms with Crippen molar-refractivity contribution >= 4 is 0 Å². The largest absolute Gasteiger partial charge is 0.600 e. The number of hydrogen-bond acceptors (Lipinski definition) is 3. The van der Waals surface area contributed by atoms with Gasteiger partial charge in [0.1, 0.15) is 12.2 Å². The lowest BCUT2D eigenvalue weighted by Crippen LogP contribution is -3.20. The molecule has 0 aromatic rings. The minimum Gasteiger partial charge on any atom is -0.600 e. The molecule has 0 aromatic carbocycles. The first-order valence-corrected chi connectivity index (χ1v) is 7.01. The maximum absolute atomic E-state index is 11.2. The van der Waals surface area contributed by atoms with E-state index in [4.69, 9.17) is 5.73 Å². The van der Waals surface area contributed by atoms with Crippen LogP contribution in [0.1, 0.15) is 44.9 Å². The van der Waals surface area contributed by atoms with Crippen LogP contribution in [-0.4, -0.2) is 30.5 Å². The quantitative estimate of drug-likeness (QED) is 0.465. The summed E-state index contributed by atoms with van der Waals surface area (Å²) in [6.45, 7) is 2.10. The van der Waals surface area contributed by atoms with Gasteiger partial charge in [0.25, 0.3) is 0 Å². The molecule has 0 radical (unpaired) electrons. The number of nitrogens with one attached hydrogen (secondary N) is 2. The molecular weight excluding hydrogens is 218 g/mol. The summed E-state index contributed by atoms with van der Waals surface area (Å²) in [6, 6.07) is -0.120. The Labute approximate surface area is 103 Å². The van der Waals surface area contributed by atoms with Crippen molar-refractivity contribution in [2.24, 2.45) is 11.7 Å². The summed E-state index contributed by atoms with van der Waals surface area (Å²) in [5.74, 6) is 0.348. The van der Waals surface area contributed by atoms with Crippen LogP contribution in [0.3, 0.4) is 0 Å². The fourth-order valence-electron chi connectivity index (χ4n) is 3.47. The molecule has 1 saturated heterocycles. The van der Waals surface area contributed by atoms with Crippen molar-refractivity contribution in [3.05, 3.63) is 5.21 Å². The molecule has 2 rings (SSSR count). The van der Waals surface area contributed by atoms with Gasteiger partial charge in [-0.3, -0.25) is 5.73 Å². The van der Waals surface area contributed by atoms with Gasteiger partial charge in [0.15, 0.2) is 0 Å². The summed E-state index contributed by atoms with van der Waals surface area (Å²) < 4.78 is 0. The van der Waals surface area contributed by atoms with E-state index >= 15 is 0 Å². The Hall–Kier alpha value is -0.200. The Kier molecular flexibility index (Phi) is 4.76. The summed E-state index contributed by atoms with van der Waals surface area (Å²) in [4.78, 5) is 1.44. The average molecular weight is 244 g/mol. The second-order valence-corrected chi connectivity index (χ2v) is 5.70.